The molecule has 29 heavy (non-hydrogen) atoms. The number of benzene rings is 1. The maximum absolute atomic E-state index is 13.3. The molecule has 6 nitrogen and oxygen atoms in total. The van der Waals surface area contributed by atoms with Crippen molar-refractivity contribution in [2.24, 2.45) is 0 Å². The molecule has 2 aromatic rings. The number of sulfone groups is 1. The smallest absolute Gasteiger partial charge is 0.340 e. The minimum atomic E-state index is -3.10. The Morgan fingerprint density at radius 2 is 1.83 bits per heavy atom. The molecular weight excluding hydrogens is 428 g/mol. The fraction of sp³-hybridized carbons (Fsp3) is 0.368. The molecule has 1 unspecified atom stereocenters. The van der Waals surface area contributed by atoms with Gasteiger partial charge < -0.3 is 9.30 Å². The first-order valence-electron chi connectivity index (χ1n) is 8.74. The second-order valence-corrected chi connectivity index (χ2v) is 9.59. The van der Waals surface area contributed by atoms with Gasteiger partial charge in [-0.05, 0) is 38.5 Å². The highest BCUT2D eigenvalue weighted by molar-refractivity contribution is 7.91. The molecule has 0 N–H and O–H groups in total. The molecule has 156 valence electrons. The van der Waals surface area contributed by atoms with Crippen LogP contribution in [0.15, 0.2) is 18.2 Å². The van der Waals surface area contributed by atoms with Crippen LogP contribution in [0.3, 0.4) is 0 Å². The van der Waals surface area contributed by atoms with Gasteiger partial charge in [0.15, 0.2) is 28.1 Å². The molecule has 0 aliphatic carbocycles. The van der Waals surface area contributed by atoms with Crippen LogP contribution in [0.2, 0.25) is 5.02 Å². The molecule has 1 aliphatic rings. The number of nitrogens with zero attached hydrogens (tertiary/aromatic N) is 1. The van der Waals surface area contributed by atoms with E-state index in [0.717, 1.165) is 5.69 Å². The van der Waals surface area contributed by atoms with Crippen LogP contribution in [0.25, 0.3) is 0 Å². The van der Waals surface area contributed by atoms with Crippen molar-refractivity contribution in [2.45, 2.75) is 26.3 Å². The number of ether oxygens (including phenoxy) is 1. The van der Waals surface area contributed by atoms with Crippen molar-refractivity contribution < 1.29 is 31.5 Å². The Labute approximate surface area is 171 Å². The molecule has 0 bridgehead atoms. The molecule has 1 atom stereocenters. The summed E-state index contributed by atoms with van der Waals surface area (Å²) in [7, 11) is -3.10. The zero-order valence-electron chi connectivity index (χ0n) is 15.7. The minimum absolute atomic E-state index is 0.0145. The van der Waals surface area contributed by atoms with Gasteiger partial charge in [-0.3, -0.25) is 4.79 Å². The fourth-order valence-electron chi connectivity index (χ4n) is 3.57. The fourth-order valence-corrected chi connectivity index (χ4v) is 5.49. The number of carbonyl (C=O) groups excluding carboxylic acids is 2. The van der Waals surface area contributed by atoms with E-state index in [2.05, 4.69) is 0 Å². The van der Waals surface area contributed by atoms with Gasteiger partial charge in [0.05, 0.1) is 22.1 Å². The van der Waals surface area contributed by atoms with E-state index >= 15 is 0 Å². The third kappa shape index (κ3) is 4.35. The van der Waals surface area contributed by atoms with E-state index in [4.69, 9.17) is 16.3 Å². The topological polar surface area (TPSA) is 82.4 Å². The van der Waals surface area contributed by atoms with Crippen molar-refractivity contribution in [1.29, 1.82) is 0 Å². The van der Waals surface area contributed by atoms with Gasteiger partial charge in [0.1, 0.15) is 0 Å². The largest absolute Gasteiger partial charge is 0.454 e. The standard InChI is InChI=1S/C19H18ClF2NO5S/c1-10-5-13(11(2)23(10)12-3-4-29(26,27)9-12)18(24)8-28-19(25)14-6-16(21)17(22)7-15(14)20/h5-7,12H,3-4,8-9H2,1-2H3. The van der Waals surface area contributed by atoms with Gasteiger partial charge in [0.25, 0.3) is 0 Å². The van der Waals surface area contributed by atoms with Crippen LogP contribution in [0.4, 0.5) is 8.78 Å². The summed E-state index contributed by atoms with van der Waals surface area (Å²) in [5, 5.41) is -0.332. The quantitative estimate of drug-likeness (QED) is 0.400. The van der Waals surface area contributed by atoms with E-state index in [1.165, 1.54) is 0 Å². The van der Waals surface area contributed by atoms with E-state index < -0.39 is 39.8 Å². The summed E-state index contributed by atoms with van der Waals surface area (Å²) in [6.07, 6.45) is 0.468. The first-order chi connectivity index (χ1) is 13.5. The lowest BCUT2D eigenvalue weighted by molar-refractivity contribution is 0.0474. The summed E-state index contributed by atoms with van der Waals surface area (Å²) in [6, 6.07) is 2.63. The molecule has 10 heteroatoms. The highest BCUT2D eigenvalue weighted by atomic mass is 35.5. The molecule has 1 aromatic carbocycles. The number of aryl methyl sites for hydroxylation is 1. The zero-order valence-corrected chi connectivity index (χ0v) is 17.2. The molecule has 1 fully saturated rings. The van der Waals surface area contributed by atoms with Crippen molar-refractivity contribution in [2.75, 3.05) is 18.1 Å². The SMILES string of the molecule is Cc1cc(C(=O)COC(=O)c2cc(F)c(F)cc2Cl)c(C)n1C1CCS(=O)(=O)C1. The maximum atomic E-state index is 13.3. The third-order valence-electron chi connectivity index (χ3n) is 4.92. The summed E-state index contributed by atoms with van der Waals surface area (Å²) < 4.78 is 56.7. The number of hydrogen-bond acceptors (Lipinski definition) is 5. The van der Waals surface area contributed by atoms with Crippen LogP contribution < -0.4 is 0 Å². The molecule has 3 rings (SSSR count). The van der Waals surface area contributed by atoms with Gasteiger partial charge in [0.2, 0.25) is 5.78 Å². The Balaban J connectivity index is 1.74. The summed E-state index contributed by atoms with van der Waals surface area (Å²) in [5.41, 5.74) is 1.22. The lowest BCUT2D eigenvalue weighted by atomic mass is 10.1. The van der Waals surface area contributed by atoms with E-state index in [1.54, 1.807) is 19.9 Å². The van der Waals surface area contributed by atoms with Crippen molar-refractivity contribution in [3.63, 3.8) is 0 Å². The Morgan fingerprint density at radius 1 is 1.17 bits per heavy atom. The number of Topliss-reactive ketones (excluding diaryl/α,β-unsaturated/α-hetero) is 1. The number of carbonyl (C=O) groups is 2. The van der Waals surface area contributed by atoms with E-state index in [0.29, 0.717) is 29.8 Å². The first-order valence-corrected chi connectivity index (χ1v) is 10.9. The van der Waals surface area contributed by atoms with Gasteiger partial charge >= 0.3 is 5.97 Å². The van der Waals surface area contributed by atoms with E-state index in [1.807, 2.05) is 4.57 Å². The lowest BCUT2D eigenvalue weighted by Gasteiger charge is -2.16. The molecule has 0 saturated carbocycles. The summed E-state index contributed by atoms with van der Waals surface area (Å²) >= 11 is 5.73. The molecule has 1 aromatic heterocycles. The van der Waals surface area contributed by atoms with E-state index in [9.17, 15) is 26.8 Å². The normalized spacial score (nSPS) is 18.0. The second kappa shape index (κ2) is 7.87. The number of rotatable bonds is 5. The summed E-state index contributed by atoms with van der Waals surface area (Å²) in [4.78, 5) is 24.6. The van der Waals surface area contributed by atoms with Crippen LogP contribution in [0, 0.1) is 25.5 Å². The average Bonchev–Trinajstić information content (AvgIpc) is 3.13. The van der Waals surface area contributed by atoms with Crippen molar-refractivity contribution in [1.82, 2.24) is 4.57 Å². The third-order valence-corrected chi connectivity index (χ3v) is 6.99. The number of esters is 1. The van der Waals surface area contributed by atoms with Crippen molar-refractivity contribution in [3.05, 3.63) is 57.4 Å². The van der Waals surface area contributed by atoms with Gasteiger partial charge in [-0.1, -0.05) is 11.6 Å². The van der Waals surface area contributed by atoms with E-state index in [-0.39, 0.29) is 28.1 Å². The second-order valence-electron chi connectivity index (χ2n) is 6.96. The molecule has 2 heterocycles. The zero-order chi connectivity index (χ0) is 21.5. The number of ketones is 1. The van der Waals surface area contributed by atoms with Crippen molar-refractivity contribution >= 4 is 33.2 Å². The number of aromatic nitrogens is 1. The van der Waals surface area contributed by atoms with Crippen LogP contribution >= 0.6 is 11.6 Å². The van der Waals surface area contributed by atoms with Crippen LogP contribution in [-0.2, 0) is 14.6 Å². The molecule has 1 saturated heterocycles. The molecular formula is C19H18ClF2NO5S. The predicted molar refractivity (Wildman–Crippen MR) is 102 cm³/mol. The Kier molecular flexibility index (Phi) is 5.82. The Morgan fingerprint density at radius 3 is 2.45 bits per heavy atom. The minimum Gasteiger partial charge on any atom is -0.454 e. The summed E-state index contributed by atoms with van der Waals surface area (Å²) in [6.45, 7) is 2.84. The molecule has 0 radical (unpaired) electrons. The first kappa shape index (κ1) is 21.4. The van der Waals surface area contributed by atoms with Crippen LogP contribution in [0.1, 0.15) is 44.6 Å². The highest BCUT2D eigenvalue weighted by Gasteiger charge is 2.31. The number of hydrogen-bond donors (Lipinski definition) is 0. The average molecular weight is 446 g/mol. The highest BCUT2D eigenvalue weighted by Crippen LogP contribution is 2.29. The maximum Gasteiger partial charge on any atom is 0.340 e. The molecule has 0 amide bonds. The van der Waals surface area contributed by atoms with Gasteiger partial charge in [0, 0.05) is 23.0 Å². The van der Waals surface area contributed by atoms with Gasteiger partial charge in [-0.2, -0.15) is 0 Å². The molecule has 1 aliphatic heterocycles. The predicted octanol–water partition coefficient (Wildman–Crippen LogP) is 3.44. The Hall–Kier alpha value is -2.26. The van der Waals surface area contributed by atoms with Crippen LogP contribution in [-0.4, -0.2) is 42.9 Å². The molecule has 0 spiro atoms. The monoisotopic (exact) mass is 445 g/mol. The number of halogens is 3. The Bertz CT molecular complexity index is 1110. The summed E-state index contributed by atoms with van der Waals surface area (Å²) in [5.74, 6) is -3.91. The van der Waals surface area contributed by atoms with Crippen molar-refractivity contribution in [3.8, 4) is 0 Å². The lowest BCUT2D eigenvalue weighted by Crippen LogP contribution is -2.17. The van der Waals surface area contributed by atoms with Crippen LogP contribution in [0.5, 0.6) is 0 Å². The van der Waals surface area contributed by atoms with Gasteiger partial charge in [-0.15, -0.1) is 0 Å². The van der Waals surface area contributed by atoms with Gasteiger partial charge in [-0.25, -0.2) is 22.0 Å².